The van der Waals surface area contributed by atoms with Crippen LogP contribution in [-0.4, -0.2) is 95.0 Å². The Kier molecular flexibility index (Phi) is 11.8. The number of benzene rings is 2. The number of carbonyl (C=O) groups is 1. The lowest BCUT2D eigenvalue weighted by atomic mass is 10.1. The van der Waals surface area contributed by atoms with E-state index in [1.807, 2.05) is 4.98 Å². The van der Waals surface area contributed by atoms with Gasteiger partial charge in [-0.15, -0.1) is 0 Å². The maximum Gasteiger partial charge on any atom is 0.472 e. The molecule has 2 unspecified atom stereocenters. The first-order chi connectivity index (χ1) is 28.7. The van der Waals surface area contributed by atoms with Crippen LogP contribution in [0.4, 0.5) is 14.6 Å². The molecule has 0 spiro atoms. The first-order valence-electron chi connectivity index (χ1n) is 17.9. The summed E-state index contributed by atoms with van der Waals surface area (Å²) in [6.45, 7) is -6.28. The predicted molar refractivity (Wildman–Crippen MR) is 205 cm³/mol. The molecule has 318 valence electrons. The number of amides is 1. The van der Waals surface area contributed by atoms with Crippen LogP contribution in [0.2, 0.25) is 0 Å². The quantitative estimate of drug-likeness (QED) is 0.140. The first-order valence-corrected chi connectivity index (χ1v) is 22.5. The number of alkyl halides is 2. The zero-order chi connectivity index (χ0) is 42.3. The molecule has 1 amide bonds. The number of nitrogens with two attached hydrogens (primary N) is 1. The molecule has 8 rings (SSSR count). The van der Waals surface area contributed by atoms with Crippen molar-refractivity contribution < 1.29 is 60.3 Å². The summed E-state index contributed by atoms with van der Waals surface area (Å²) in [6.07, 6.45) is -11.8. The smallest absolute Gasteiger partial charge is 0.472 e. The van der Waals surface area contributed by atoms with Gasteiger partial charge in [0, 0.05) is 30.1 Å². The molecule has 5 aromatic rings. The van der Waals surface area contributed by atoms with Gasteiger partial charge in [0.15, 0.2) is 36.3 Å². The number of phosphoric acid groups is 1. The molecular formula is C34H34F2N8O13P2S. The summed E-state index contributed by atoms with van der Waals surface area (Å²) in [5.41, 5.74) is 5.84. The number of aromatic nitrogens is 6. The minimum Gasteiger partial charge on any atom is -0.508 e. The molecule has 2 bridgehead atoms. The number of phenolic OH excluding ortho intramolecular Hbond substituents is 1. The van der Waals surface area contributed by atoms with Crippen LogP contribution >= 0.6 is 26.0 Å². The lowest BCUT2D eigenvalue weighted by Gasteiger charge is -2.27. The van der Waals surface area contributed by atoms with E-state index in [2.05, 4.69) is 20.3 Å². The third-order valence-corrected chi connectivity index (χ3v) is 14.3. The summed E-state index contributed by atoms with van der Waals surface area (Å²) in [5.74, 6) is -0.463. The summed E-state index contributed by atoms with van der Waals surface area (Å²) in [7, 11) is -5.27. The number of hydrogen-bond donors (Lipinski definition) is 5. The Balaban J connectivity index is 1.06. The number of nitrogens with zero attached hydrogens (tertiary/aromatic N) is 5. The van der Waals surface area contributed by atoms with Gasteiger partial charge >= 0.3 is 20.3 Å². The third-order valence-electron chi connectivity index (χ3n) is 9.62. The minimum atomic E-state index is -5.27. The number of rotatable bonds is 8. The van der Waals surface area contributed by atoms with E-state index in [1.165, 1.54) is 35.2 Å². The molecule has 3 aliphatic rings. The van der Waals surface area contributed by atoms with Crippen molar-refractivity contribution in [1.29, 1.82) is 0 Å². The van der Waals surface area contributed by atoms with E-state index in [0.717, 1.165) is 18.6 Å². The van der Waals surface area contributed by atoms with Gasteiger partial charge in [-0.1, -0.05) is 24.3 Å². The van der Waals surface area contributed by atoms with E-state index in [0.29, 0.717) is 32.6 Å². The van der Waals surface area contributed by atoms with Gasteiger partial charge in [-0.2, -0.15) is 0 Å². The zero-order valence-corrected chi connectivity index (χ0v) is 33.2. The summed E-state index contributed by atoms with van der Waals surface area (Å²) < 4.78 is 96.6. The molecular weight excluding hydrogens is 860 g/mol. The fraction of sp³-hybridized carbons (Fsp3) is 0.353. The second-order valence-electron chi connectivity index (χ2n) is 13.6. The Morgan fingerprint density at radius 1 is 0.900 bits per heavy atom. The molecule has 0 saturated carbocycles. The molecule has 60 heavy (non-hydrogen) atoms. The van der Waals surface area contributed by atoms with Crippen LogP contribution in [0.5, 0.6) is 5.75 Å². The highest BCUT2D eigenvalue weighted by Crippen LogP contribution is 2.64. The van der Waals surface area contributed by atoms with Crippen molar-refractivity contribution in [2.75, 3.05) is 18.9 Å². The molecule has 10 atom stereocenters. The zero-order valence-electron chi connectivity index (χ0n) is 30.6. The molecule has 6 N–H and O–H groups in total. The lowest BCUT2D eigenvalue weighted by molar-refractivity contribution is -0.0640. The lowest BCUT2D eigenvalue weighted by Crippen LogP contribution is -2.36. The highest BCUT2D eigenvalue weighted by molar-refractivity contribution is 8.54. The monoisotopic (exact) mass is 894 g/mol. The number of H-pyrrole nitrogens is 1. The van der Waals surface area contributed by atoms with Crippen molar-refractivity contribution in [1.82, 2.24) is 34.4 Å². The number of anilines is 1. The molecule has 3 aliphatic heterocycles. The normalized spacial score (nSPS) is 30.9. The van der Waals surface area contributed by atoms with E-state index >= 15 is 8.78 Å². The van der Waals surface area contributed by atoms with Crippen LogP contribution in [0.3, 0.4) is 0 Å². The average Bonchev–Trinajstić information content (AvgIpc) is 3.88. The number of carbonyl (C=O) groups excluding carboxylic acids is 1. The number of halogens is 2. The molecule has 0 aliphatic carbocycles. The number of phenols is 1. The Morgan fingerprint density at radius 2 is 1.62 bits per heavy atom. The standard InChI is InChI=1S/C34H34F2N8O13P2S/c35-24-21-12-53-59(51,60-14-18-3-1-17(2-4-18)11-38-31(47)19-5-7-20(45)8-6-19)57-27-22(55-32(25(27)36)43-10-9-23(46)42-34(43)48)13-52-58(49,50)56-28(24)33(54-21)44-16-41-26-29(37)39-15-40-30(26)44/h1-10,15-16,21-22,24-25,27-28,32-33,45H,11-14H2,(H,38,47)(H,49,50)(H2,37,39,40)(H,42,46,48)/t21-,22-,24-,25-,27-,28-,32-,33-,59?/m1/s1. The Bertz CT molecular complexity index is 2600. The Labute approximate surface area is 340 Å². The first kappa shape index (κ1) is 41.8. The number of aromatic hydroxyl groups is 1. The molecule has 21 nitrogen and oxygen atoms in total. The summed E-state index contributed by atoms with van der Waals surface area (Å²) in [5, 5.41) is 12.2. The highest BCUT2D eigenvalue weighted by atomic mass is 32.7. The Morgan fingerprint density at radius 3 is 2.37 bits per heavy atom. The molecule has 3 aromatic heterocycles. The Hall–Kier alpha value is -4.87. The number of nitrogen functional groups attached to an aromatic ring is 1. The van der Waals surface area contributed by atoms with E-state index in [9.17, 15) is 33.5 Å². The third kappa shape index (κ3) is 8.79. The van der Waals surface area contributed by atoms with Crippen LogP contribution < -0.4 is 22.3 Å². The fourth-order valence-corrected chi connectivity index (χ4v) is 10.9. The van der Waals surface area contributed by atoms with Crippen molar-refractivity contribution in [3.05, 3.63) is 111 Å². The van der Waals surface area contributed by atoms with E-state index < -0.39 is 88.3 Å². The average molecular weight is 895 g/mol. The van der Waals surface area contributed by atoms with Crippen LogP contribution in [0, 0.1) is 0 Å². The fourth-order valence-electron chi connectivity index (χ4n) is 6.60. The van der Waals surface area contributed by atoms with E-state index in [1.54, 1.807) is 24.3 Å². The molecule has 26 heteroatoms. The van der Waals surface area contributed by atoms with Crippen molar-refractivity contribution in [3.63, 3.8) is 0 Å². The summed E-state index contributed by atoms with van der Waals surface area (Å²) >= 11 is 0.596. The molecule has 3 fully saturated rings. The predicted octanol–water partition coefficient (Wildman–Crippen LogP) is 3.02. The van der Waals surface area contributed by atoms with Gasteiger partial charge in [-0.05, 0) is 46.8 Å². The van der Waals surface area contributed by atoms with Gasteiger partial charge in [0.25, 0.3) is 11.5 Å². The topological polar surface area (TPSA) is 284 Å². The number of hydrogen-bond acceptors (Lipinski definition) is 17. The molecule has 3 saturated heterocycles. The number of imidazole rings is 1. The van der Waals surface area contributed by atoms with Gasteiger partial charge in [-0.3, -0.25) is 41.8 Å². The maximum absolute atomic E-state index is 16.4. The number of fused-ring (bicyclic) bond motifs is 4. The SMILES string of the molecule is Nc1ncnc2c1ncn2[C@@H]1O[C@@H]2COP(=O)(SCc3ccc(CNC(=O)c4ccc(O)cc4)cc3)O[C@H]3[C@@H](F)[C@H](n4ccc(=O)[nH]c4=O)O[C@@H]3COP(=O)(O)O[C@@H]1[C@@H]2F. The van der Waals surface area contributed by atoms with E-state index in [-0.39, 0.29) is 40.9 Å². The van der Waals surface area contributed by atoms with Crippen molar-refractivity contribution in [3.8, 4) is 5.75 Å². The van der Waals surface area contributed by atoms with Gasteiger partial charge in [-0.25, -0.2) is 37.7 Å². The van der Waals surface area contributed by atoms with Crippen molar-refractivity contribution in [2.45, 2.75) is 61.5 Å². The number of nitrogens with one attached hydrogen (secondary N) is 2. The van der Waals surface area contributed by atoms with E-state index in [4.69, 9.17) is 33.3 Å². The van der Waals surface area contributed by atoms with Crippen LogP contribution in [0.1, 0.15) is 33.9 Å². The van der Waals surface area contributed by atoms with Gasteiger partial charge in [0.05, 0.1) is 19.5 Å². The summed E-state index contributed by atoms with van der Waals surface area (Å²) in [4.78, 5) is 61.9. The van der Waals surface area contributed by atoms with Gasteiger partial charge in [0.2, 0.25) is 0 Å². The van der Waals surface area contributed by atoms with Crippen LogP contribution in [0.25, 0.3) is 11.2 Å². The molecule has 0 radical (unpaired) electrons. The second kappa shape index (κ2) is 16.9. The number of ether oxygens (including phenoxy) is 2. The molecule has 6 heterocycles. The largest absolute Gasteiger partial charge is 0.508 e. The molecule has 2 aromatic carbocycles. The van der Waals surface area contributed by atoms with Crippen LogP contribution in [-0.2, 0) is 49.0 Å². The van der Waals surface area contributed by atoms with Gasteiger partial charge < -0.3 is 30.5 Å². The highest BCUT2D eigenvalue weighted by Gasteiger charge is 2.55. The number of phosphoric ester groups is 1. The second-order valence-corrected chi connectivity index (χ2v) is 19.0. The summed E-state index contributed by atoms with van der Waals surface area (Å²) in [6, 6.07) is 13.4. The minimum absolute atomic E-state index is 0.0157. The van der Waals surface area contributed by atoms with Gasteiger partial charge in [0.1, 0.15) is 42.0 Å². The van der Waals surface area contributed by atoms with Crippen molar-refractivity contribution in [2.24, 2.45) is 0 Å². The maximum atomic E-state index is 16.4. The number of aromatic amines is 1. The van der Waals surface area contributed by atoms with Crippen LogP contribution in [0.15, 0.2) is 83.0 Å². The van der Waals surface area contributed by atoms with Crippen molar-refractivity contribution >= 4 is 48.9 Å².